The van der Waals surface area contributed by atoms with Gasteiger partial charge in [0.2, 0.25) is 5.95 Å². The summed E-state index contributed by atoms with van der Waals surface area (Å²) in [5.41, 5.74) is 1.49. The number of aromatic nitrogens is 2. The number of anilines is 3. The minimum atomic E-state index is -0.289. The highest BCUT2D eigenvalue weighted by molar-refractivity contribution is 5.55. The van der Waals surface area contributed by atoms with E-state index in [1.807, 2.05) is 13.0 Å². The molecule has 5 heteroatoms. The molecule has 0 unspecified atom stereocenters. The first kappa shape index (κ1) is 15.2. The average Bonchev–Trinajstić information content (AvgIpc) is 2.37. The molecule has 4 nitrogen and oxygen atoms in total. The van der Waals surface area contributed by atoms with Crippen molar-refractivity contribution >= 4 is 17.5 Å². The van der Waals surface area contributed by atoms with E-state index in [0.717, 1.165) is 24.5 Å². The Labute approximate surface area is 124 Å². The number of nitrogens with one attached hydrogen (secondary N) is 2. The second-order valence-electron chi connectivity index (χ2n) is 5.46. The van der Waals surface area contributed by atoms with Gasteiger partial charge in [-0.3, -0.25) is 0 Å². The van der Waals surface area contributed by atoms with Crippen molar-refractivity contribution in [3.8, 4) is 0 Å². The predicted octanol–water partition coefficient (Wildman–Crippen LogP) is 4.13. The van der Waals surface area contributed by atoms with Crippen LogP contribution in [0.25, 0.3) is 0 Å². The molecule has 0 saturated carbocycles. The fourth-order valence-corrected chi connectivity index (χ4v) is 1.90. The third kappa shape index (κ3) is 5.02. The molecule has 21 heavy (non-hydrogen) atoms. The third-order valence-electron chi connectivity index (χ3n) is 2.96. The molecule has 0 amide bonds. The monoisotopic (exact) mass is 288 g/mol. The molecule has 1 heterocycles. The number of hydrogen-bond donors (Lipinski definition) is 2. The average molecular weight is 288 g/mol. The van der Waals surface area contributed by atoms with Gasteiger partial charge in [-0.15, -0.1) is 0 Å². The van der Waals surface area contributed by atoms with Crippen LogP contribution in [0, 0.1) is 18.7 Å². The topological polar surface area (TPSA) is 49.8 Å². The van der Waals surface area contributed by atoms with Gasteiger partial charge in [-0.1, -0.05) is 19.9 Å². The molecular formula is C16H21FN4. The lowest BCUT2D eigenvalue weighted by Gasteiger charge is -2.11. The van der Waals surface area contributed by atoms with Crippen LogP contribution in [0.1, 0.15) is 26.0 Å². The van der Waals surface area contributed by atoms with Crippen molar-refractivity contribution < 1.29 is 4.39 Å². The van der Waals surface area contributed by atoms with E-state index < -0.39 is 0 Å². The van der Waals surface area contributed by atoms with Gasteiger partial charge < -0.3 is 10.6 Å². The van der Waals surface area contributed by atoms with Gasteiger partial charge >= 0.3 is 0 Å². The van der Waals surface area contributed by atoms with Crippen molar-refractivity contribution in [1.82, 2.24) is 9.97 Å². The van der Waals surface area contributed by atoms with Crippen LogP contribution in [-0.4, -0.2) is 16.5 Å². The molecule has 1 aromatic carbocycles. The Morgan fingerprint density at radius 1 is 1.19 bits per heavy atom. The van der Waals surface area contributed by atoms with Gasteiger partial charge in [-0.2, -0.15) is 4.98 Å². The number of aryl methyl sites for hydroxylation is 1. The molecule has 2 aromatic rings. The number of benzene rings is 1. The van der Waals surface area contributed by atoms with Gasteiger partial charge in [0.05, 0.1) is 0 Å². The van der Waals surface area contributed by atoms with Crippen LogP contribution in [0.5, 0.6) is 0 Å². The fourth-order valence-electron chi connectivity index (χ4n) is 1.90. The molecule has 0 radical (unpaired) electrons. The van der Waals surface area contributed by atoms with Gasteiger partial charge in [0.1, 0.15) is 11.6 Å². The van der Waals surface area contributed by atoms with Crippen molar-refractivity contribution in [2.75, 3.05) is 17.2 Å². The summed E-state index contributed by atoms with van der Waals surface area (Å²) < 4.78 is 13.2. The molecular weight excluding hydrogens is 267 g/mol. The molecule has 2 N–H and O–H groups in total. The van der Waals surface area contributed by atoms with Gasteiger partial charge in [0.25, 0.3) is 0 Å². The highest BCUT2D eigenvalue weighted by atomic mass is 19.1. The minimum absolute atomic E-state index is 0.289. The van der Waals surface area contributed by atoms with Gasteiger partial charge in [-0.05, 0) is 37.5 Å². The molecule has 0 bridgehead atoms. The van der Waals surface area contributed by atoms with Crippen LogP contribution < -0.4 is 10.6 Å². The second-order valence-corrected chi connectivity index (χ2v) is 5.46. The minimum Gasteiger partial charge on any atom is -0.370 e. The Morgan fingerprint density at radius 3 is 2.71 bits per heavy atom. The zero-order valence-corrected chi connectivity index (χ0v) is 12.7. The largest absolute Gasteiger partial charge is 0.370 e. The smallest absolute Gasteiger partial charge is 0.229 e. The second kappa shape index (κ2) is 7.02. The first-order chi connectivity index (χ1) is 10.0. The quantitative estimate of drug-likeness (QED) is 0.839. The molecule has 2 rings (SSSR count). The normalized spacial score (nSPS) is 10.7. The van der Waals surface area contributed by atoms with E-state index >= 15 is 0 Å². The molecule has 0 spiro atoms. The van der Waals surface area contributed by atoms with Crippen molar-refractivity contribution in [2.45, 2.75) is 27.2 Å². The Balaban J connectivity index is 2.07. The van der Waals surface area contributed by atoms with Gasteiger partial charge in [0.15, 0.2) is 0 Å². The number of rotatable bonds is 6. The van der Waals surface area contributed by atoms with E-state index in [4.69, 9.17) is 0 Å². The molecule has 0 aliphatic carbocycles. The van der Waals surface area contributed by atoms with Crippen molar-refractivity contribution in [1.29, 1.82) is 0 Å². The van der Waals surface area contributed by atoms with Gasteiger partial charge in [-0.25, -0.2) is 9.37 Å². The standard InChI is InChI=1S/C16H21FN4/c1-11(2)7-8-18-15-9-12(3)19-16(21-15)20-14-6-4-5-13(17)10-14/h4-6,9-11H,7-8H2,1-3H3,(H2,18,19,20,21). The first-order valence-electron chi connectivity index (χ1n) is 7.15. The van der Waals surface area contributed by atoms with E-state index in [-0.39, 0.29) is 5.82 Å². The lowest BCUT2D eigenvalue weighted by Crippen LogP contribution is -2.08. The van der Waals surface area contributed by atoms with Crippen LogP contribution >= 0.6 is 0 Å². The lowest BCUT2D eigenvalue weighted by molar-refractivity contribution is 0.606. The number of hydrogen-bond acceptors (Lipinski definition) is 4. The predicted molar refractivity (Wildman–Crippen MR) is 84.4 cm³/mol. The van der Waals surface area contributed by atoms with E-state index in [1.165, 1.54) is 12.1 Å². The Hall–Kier alpha value is -2.17. The molecule has 0 saturated heterocycles. The maximum Gasteiger partial charge on any atom is 0.229 e. The number of nitrogens with zero attached hydrogens (tertiary/aromatic N) is 2. The summed E-state index contributed by atoms with van der Waals surface area (Å²) in [5, 5.41) is 6.31. The van der Waals surface area contributed by atoms with E-state index in [0.29, 0.717) is 17.6 Å². The summed E-state index contributed by atoms with van der Waals surface area (Å²) in [7, 11) is 0. The van der Waals surface area contributed by atoms with E-state index in [1.54, 1.807) is 12.1 Å². The van der Waals surface area contributed by atoms with Crippen LogP contribution in [0.2, 0.25) is 0 Å². The molecule has 112 valence electrons. The van der Waals surface area contributed by atoms with Crippen LogP contribution in [0.4, 0.5) is 21.8 Å². The summed E-state index contributed by atoms with van der Waals surface area (Å²) >= 11 is 0. The van der Waals surface area contributed by atoms with Crippen LogP contribution in [0.15, 0.2) is 30.3 Å². The Kier molecular flexibility index (Phi) is 5.09. The maximum absolute atomic E-state index is 13.2. The lowest BCUT2D eigenvalue weighted by atomic mass is 10.1. The zero-order chi connectivity index (χ0) is 15.2. The van der Waals surface area contributed by atoms with Crippen LogP contribution in [0.3, 0.4) is 0 Å². The SMILES string of the molecule is Cc1cc(NCCC(C)C)nc(Nc2cccc(F)c2)n1. The summed E-state index contributed by atoms with van der Waals surface area (Å²) in [6.45, 7) is 7.15. The van der Waals surface area contributed by atoms with Crippen molar-refractivity contribution in [2.24, 2.45) is 5.92 Å². The third-order valence-corrected chi connectivity index (χ3v) is 2.96. The summed E-state index contributed by atoms with van der Waals surface area (Å²) in [4.78, 5) is 8.72. The summed E-state index contributed by atoms with van der Waals surface area (Å²) in [5.74, 6) is 1.60. The van der Waals surface area contributed by atoms with Gasteiger partial charge in [0, 0.05) is 24.0 Å². The molecule has 0 aliphatic heterocycles. The number of halogens is 1. The first-order valence-corrected chi connectivity index (χ1v) is 7.15. The highest BCUT2D eigenvalue weighted by Crippen LogP contribution is 2.16. The maximum atomic E-state index is 13.2. The summed E-state index contributed by atoms with van der Waals surface area (Å²) in [6, 6.07) is 8.14. The van der Waals surface area contributed by atoms with Crippen molar-refractivity contribution in [3.05, 3.63) is 41.8 Å². The van der Waals surface area contributed by atoms with Crippen molar-refractivity contribution in [3.63, 3.8) is 0 Å². The molecule has 0 fully saturated rings. The summed E-state index contributed by atoms with van der Waals surface area (Å²) in [6.07, 6.45) is 1.08. The molecule has 0 atom stereocenters. The Bertz CT molecular complexity index is 599. The Morgan fingerprint density at radius 2 is 2.00 bits per heavy atom. The molecule has 0 aliphatic rings. The molecule has 1 aromatic heterocycles. The van der Waals surface area contributed by atoms with E-state index in [9.17, 15) is 4.39 Å². The highest BCUT2D eigenvalue weighted by Gasteiger charge is 2.04. The fraction of sp³-hybridized carbons (Fsp3) is 0.375. The van der Waals surface area contributed by atoms with E-state index in [2.05, 4.69) is 34.4 Å². The van der Waals surface area contributed by atoms with Crippen LogP contribution in [-0.2, 0) is 0 Å². The zero-order valence-electron chi connectivity index (χ0n) is 12.7.